The van der Waals surface area contributed by atoms with Gasteiger partial charge in [0.1, 0.15) is 12.7 Å². The molecule has 0 aliphatic rings. The Morgan fingerprint density at radius 3 is 2.20 bits per heavy atom. The minimum absolute atomic E-state index is 0.577. The van der Waals surface area contributed by atoms with E-state index in [2.05, 4.69) is 20.2 Å². The molecule has 1 aromatic heterocycles. The van der Waals surface area contributed by atoms with E-state index >= 15 is 0 Å². The van der Waals surface area contributed by atoms with Gasteiger partial charge in [0.25, 0.3) is 0 Å². The van der Waals surface area contributed by atoms with Gasteiger partial charge in [-0.05, 0) is 17.7 Å². The van der Waals surface area contributed by atoms with Crippen molar-refractivity contribution in [3.05, 3.63) is 42.5 Å². The molecule has 0 saturated heterocycles. The molecule has 2 rings (SSSR count). The van der Waals surface area contributed by atoms with Crippen LogP contribution in [0, 0.1) is 0 Å². The maximum absolute atomic E-state index is 5.80. The molecule has 0 radical (unpaired) electrons. The average molecular weight is 312 g/mol. The lowest BCUT2D eigenvalue weighted by molar-refractivity contribution is 0.873. The fourth-order valence-electron chi connectivity index (χ4n) is 1.73. The molecule has 2 aromatic rings. The van der Waals surface area contributed by atoms with Gasteiger partial charge in [-0.1, -0.05) is 12.1 Å². The van der Waals surface area contributed by atoms with Gasteiger partial charge in [-0.25, -0.2) is 4.68 Å². The van der Waals surface area contributed by atoms with Crippen molar-refractivity contribution < 1.29 is 0 Å². The molecule has 1 aromatic carbocycles. The van der Waals surface area contributed by atoms with Gasteiger partial charge < -0.3 is 4.90 Å². The highest BCUT2D eigenvalue weighted by Crippen LogP contribution is 2.15. The van der Waals surface area contributed by atoms with Gasteiger partial charge in [-0.2, -0.15) is 5.10 Å². The molecule has 0 aliphatic carbocycles. The van der Waals surface area contributed by atoms with Crippen LogP contribution in [-0.4, -0.2) is 45.9 Å². The highest BCUT2D eigenvalue weighted by Gasteiger charge is 2.04. The van der Waals surface area contributed by atoms with E-state index in [1.54, 1.807) is 10.9 Å². The molecule has 1 heterocycles. The van der Waals surface area contributed by atoms with Crippen LogP contribution >= 0.6 is 23.2 Å². The Morgan fingerprint density at radius 2 is 1.65 bits per heavy atom. The molecule has 0 atom stereocenters. The normalized spacial score (nSPS) is 11.1. The van der Waals surface area contributed by atoms with Gasteiger partial charge in [0.05, 0.1) is 6.21 Å². The zero-order valence-electron chi connectivity index (χ0n) is 10.9. The lowest BCUT2D eigenvalue weighted by Gasteiger charge is -2.22. The summed E-state index contributed by atoms with van der Waals surface area (Å²) in [6, 6.07) is 8.07. The van der Waals surface area contributed by atoms with E-state index in [-0.39, 0.29) is 0 Å². The number of halogens is 2. The van der Waals surface area contributed by atoms with Crippen LogP contribution in [0.3, 0.4) is 0 Å². The largest absolute Gasteiger partial charge is 0.369 e. The van der Waals surface area contributed by atoms with Crippen LogP contribution in [-0.2, 0) is 0 Å². The van der Waals surface area contributed by atoms with Crippen molar-refractivity contribution in [3.63, 3.8) is 0 Å². The molecule has 7 heteroatoms. The third-order valence-corrected chi connectivity index (χ3v) is 3.05. The van der Waals surface area contributed by atoms with Crippen molar-refractivity contribution >= 4 is 35.1 Å². The molecule has 20 heavy (non-hydrogen) atoms. The third-order valence-electron chi connectivity index (χ3n) is 2.71. The fraction of sp³-hybridized carbons (Fsp3) is 0.308. The van der Waals surface area contributed by atoms with E-state index < -0.39 is 0 Å². The summed E-state index contributed by atoms with van der Waals surface area (Å²) >= 11 is 11.6. The van der Waals surface area contributed by atoms with Crippen LogP contribution in [0.2, 0.25) is 0 Å². The molecule has 0 amide bonds. The maximum Gasteiger partial charge on any atom is 0.141 e. The summed E-state index contributed by atoms with van der Waals surface area (Å²) in [7, 11) is 0. The quantitative estimate of drug-likeness (QED) is 0.583. The molecule has 0 aliphatic heterocycles. The van der Waals surface area contributed by atoms with E-state index in [9.17, 15) is 0 Å². The lowest BCUT2D eigenvalue weighted by atomic mass is 10.2. The van der Waals surface area contributed by atoms with E-state index in [0.717, 1.165) is 24.3 Å². The fourth-order valence-corrected chi connectivity index (χ4v) is 2.14. The van der Waals surface area contributed by atoms with Crippen molar-refractivity contribution in [1.29, 1.82) is 0 Å². The topological polar surface area (TPSA) is 46.3 Å². The smallest absolute Gasteiger partial charge is 0.141 e. The van der Waals surface area contributed by atoms with Gasteiger partial charge in [0, 0.05) is 30.5 Å². The Hall–Kier alpha value is -1.59. The Morgan fingerprint density at radius 1 is 1.05 bits per heavy atom. The summed E-state index contributed by atoms with van der Waals surface area (Å²) in [5.74, 6) is 1.15. The molecule has 5 nitrogen and oxygen atoms in total. The molecule has 0 fully saturated rings. The first-order valence-corrected chi connectivity index (χ1v) is 7.26. The van der Waals surface area contributed by atoms with Gasteiger partial charge in [0.2, 0.25) is 0 Å². The highest BCUT2D eigenvalue weighted by atomic mass is 35.5. The standard InChI is InChI=1S/C13H15Cl2N5/c14-5-7-19(8-6-15)13-3-1-12(2-4-13)9-18-20-10-16-17-11-20/h1-4,9-11H,5-8H2/b18-9+. The molecule has 0 saturated carbocycles. The van der Waals surface area contributed by atoms with Crippen molar-refractivity contribution in [2.45, 2.75) is 0 Å². The summed E-state index contributed by atoms with van der Waals surface area (Å²) < 4.78 is 1.54. The van der Waals surface area contributed by atoms with E-state index in [4.69, 9.17) is 23.2 Å². The third kappa shape index (κ3) is 4.21. The van der Waals surface area contributed by atoms with Crippen molar-refractivity contribution in [2.75, 3.05) is 29.7 Å². The molecule has 0 N–H and O–H groups in total. The van der Waals surface area contributed by atoms with Gasteiger partial charge in [-0.3, -0.25) is 0 Å². The van der Waals surface area contributed by atoms with Crippen LogP contribution in [0.4, 0.5) is 5.69 Å². The van der Waals surface area contributed by atoms with E-state index in [1.165, 1.54) is 12.7 Å². The number of aromatic nitrogens is 3. The van der Waals surface area contributed by atoms with Crippen LogP contribution in [0.25, 0.3) is 0 Å². The number of benzene rings is 1. The van der Waals surface area contributed by atoms with Crippen LogP contribution in [0.15, 0.2) is 42.0 Å². The van der Waals surface area contributed by atoms with Gasteiger partial charge in [0.15, 0.2) is 0 Å². The van der Waals surface area contributed by atoms with Crippen molar-refractivity contribution in [3.8, 4) is 0 Å². The summed E-state index contributed by atoms with van der Waals surface area (Å²) in [4.78, 5) is 2.15. The Kier molecular flexibility index (Phi) is 5.83. The summed E-state index contributed by atoms with van der Waals surface area (Å²) in [6.07, 6.45) is 4.82. The van der Waals surface area contributed by atoms with Crippen LogP contribution in [0.5, 0.6) is 0 Å². The Balaban J connectivity index is 2.05. The average Bonchev–Trinajstić information content (AvgIpc) is 2.99. The SMILES string of the molecule is ClCCN(CCCl)c1ccc(/C=N/n2cnnc2)cc1. The number of nitrogens with zero attached hydrogens (tertiary/aromatic N) is 5. The molecule has 0 unspecified atom stereocenters. The number of anilines is 1. The maximum atomic E-state index is 5.80. The second kappa shape index (κ2) is 7.87. The summed E-state index contributed by atoms with van der Waals surface area (Å²) in [5, 5.41) is 11.6. The van der Waals surface area contributed by atoms with Crippen molar-refractivity contribution in [2.24, 2.45) is 5.10 Å². The molecule has 0 spiro atoms. The number of alkyl halides is 2. The minimum Gasteiger partial charge on any atom is -0.369 e. The first-order chi connectivity index (χ1) is 9.83. The van der Waals surface area contributed by atoms with Crippen LogP contribution < -0.4 is 4.90 Å². The highest BCUT2D eigenvalue weighted by molar-refractivity contribution is 6.18. The van der Waals surface area contributed by atoms with Crippen molar-refractivity contribution in [1.82, 2.24) is 14.9 Å². The number of hydrogen-bond donors (Lipinski definition) is 0. The summed E-state index contributed by atoms with van der Waals surface area (Å²) in [6.45, 7) is 1.56. The zero-order valence-corrected chi connectivity index (χ0v) is 12.4. The minimum atomic E-state index is 0.577. The second-order valence-electron chi connectivity index (χ2n) is 4.04. The zero-order chi connectivity index (χ0) is 14.2. The Bertz CT molecular complexity index is 518. The molecule has 106 valence electrons. The van der Waals surface area contributed by atoms with Crippen LogP contribution in [0.1, 0.15) is 5.56 Å². The monoisotopic (exact) mass is 311 g/mol. The lowest BCUT2D eigenvalue weighted by Crippen LogP contribution is -2.27. The van der Waals surface area contributed by atoms with E-state index in [1.807, 2.05) is 24.3 Å². The number of rotatable bonds is 7. The van der Waals surface area contributed by atoms with E-state index in [0.29, 0.717) is 11.8 Å². The molecule has 0 bridgehead atoms. The number of hydrogen-bond acceptors (Lipinski definition) is 4. The van der Waals surface area contributed by atoms with Gasteiger partial charge >= 0.3 is 0 Å². The second-order valence-corrected chi connectivity index (χ2v) is 4.80. The molecular formula is C13H15Cl2N5. The predicted molar refractivity (Wildman–Crippen MR) is 83.1 cm³/mol. The first kappa shape index (κ1) is 14.8. The summed E-state index contributed by atoms with van der Waals surface area (Å²) in [5.41, 5.74) is 2.10. The Labute approximate surface area is 127 Å². The predicted octanol–water partition coefficient (Wildman–Crippen LogP) is 2.44. The first-order valence-electron chi connectivity index (χ1n) is 6.19. The van der Waals surface area contributed by atoms with Gasteiger partial charge in [-0.15, -0.1) is 33.4 Å². The molecular weight excluding hydrogens is 297 g/mol.